The Kier molecular flexibility index (Phi) is 6.65. The number of carboxylic acid groups (broad SMARTS) is 1. The van der Waals surface area contributed by atoms with Crippen LogP contribution in [0.5, 0.6) is 5.75 Å². The molecule has 3 nitrogen and oxygen atoms in total. The van der Waals surface area contributed by atoms with Crippen LogP contribution in [0, 0.1) is 5.82 Å². The van der Waals surface area contributed by atoms with E-state index in [1.54, 1.807) is 12.1 Å². The number of carbonyl (C=O) groups is 1. The SMILES string of the molecule is C/C=C1/CC(=C(c2ccc(F)cc2)c2ccc(OCC(=O)O)cc2)C/C(=C/C)C1. The fourth-order valence-corrected chi connectivity index (χ4v) is 3.67. The first kappa shape index (κ1) is 20.6. The normalized spacial score (nSPS) is 16.9. The Bertz CT molecular complexity index is 942. The monoisotopic (exact) mass is 392 g/mol. The van der Waals surface area contributed by atoms with Crippen LogP contribution in [0.25, 0.3) is 5.57 Å². The zero-order valence-corrected chi connectivity index (χ0v) is 16.7. The van der Waals surface area contributed by atoms with Crippen LogP contribution in [0.4, 0.5) is 4.39 Å². The maximum absolute atomic E-state index is 13.5. The molecule has 3 rings (SSSR count). The van der Waals surface area contributed by atoms with Crippen LogP contribution in [0.3, 0.4) is 0 Å². The molecule has 0 heterocycles. The molecule has 0 bridgehead atoms. The molecule has 150 valence electrons. The molecule has 2 aromatic carbocycles. The summed E-state index contributed by atoms with van der Waals surface area (Å²) in [6, 6.07) is 14.0. The average molecular weight is 392 g/mol. The van der Waals surface area contributed by atoms with Gasteiger partial charge in [0.1, 0.15) is 11.6 Å². The van der Waals surface area contributed by atoms with Crippen LogP contribution in [0.2, 0.25) is 0 Å². The van der Waals surface area contributed by atoms with Gasteiger partial charge in [-0.3, -0.25) is 0 Å². The van der Waals surface area contributed by atoms with E-state index in [0.29, 0.717) is 5.75 Å². The van der Waals surface area contributed by atoms with Crippen LogP contribution in [-0.2, 0) is 4.79 Å². The van der Waals surface area contributed by atoms with Crippen molar-refractivity contribution in [3.63, 3.8) is 0 Å². The summed E-state index contributed by atoms with van der Waals surface area (Å²) in [5.74, 6) is -0.767. The lowest BCUT2D eigenvalue weighted by Gasteiger charge is -2.25. The minimum Gasteiger partial charge on any atom is -0.482 e. The molecule has 0 unspecified atom stereocenters. The van der Waals surface area contributed by atoms with Crippen LogP contribution < -0.4 is 4.74 Å². The summed E-state index contributed by atoms with van der Waals surface area (Å²) in [6.07, 6.45) is 7.12. The summed E-state index contributed by atoms with van der Waals surface area (Å²) in [5.41, 5.74) is 7.10. The second-order valence-electron chi connectivity index (χ2n) is 7.12. The van der Waals surface area contributed by atoms with Crippen molar-refractivity contribution in [2.45, 2.75) is 33.1 Å². The molecular formula is C25H25FO3. The minimum atomic E-state index is -1.01. The zero-order chi connectivity index (χ0) is 20.8. The van der Waals surface area contributed by atoms with Gasteiger partial charge in [0.05, 0.1) is 0 Å². The van der Waals surface area contributed by atoms with Crippen molar-refractivity contribution in [3.8, 4) is 5.75 Å². The first-order valence-electron chi connectivity index (χ1n) is 9.71. The topological polar surface area (TPSA) is 46.5 Å². The molecule has 1 N–H and O–H groups in total. The summed E-state index contributed by atoms with van der Waals surface area (Å²) in [6.45, 7) is 3.76. The molecule has 1 fully saturated rings. The van der Waals surface area contributed by atoms with E-state index in [1.807, 2.05) is 24.3 Å². The Hall–Kier alpha value is -3.14. The van der Waals surface area contributed by atoms with Crippen molar-refractivity contribution in [2.75, 3.05) is 6.61 Å². The number of ether oxygens (including phenoxy) is 1. The number of halogens is 1. The molecule has 1 saturated carbocycles. The second kappa shape index (κ2) is 9.37. The maximum atomic E-state index is 13.5. The Labute approximate surface area is 170 Å². The van der Waals surface area contributed by atoms with Crippen molar-refractivity contribution in [1.29, 1.82) is 0 Å². The lowest BCUT2D eigenvalue weighted by atomic mass is 9.80. The van der Waals surface area contributed by atoms with Gasteiger partial charge in [-0.05, 0) is 74.1 Å². The van der Waals surface area contributed by atoms with Gasteiger partial charge in [0.25, 0.3) is 0 Å². The summed E-state index contributed by atoms with van der Waals surface area (Å²) < 4.78 is 18.8. The predicted octanol–water partition coefficient (Wildman–Crippen LogP) is 6.17. The van der Waals surface area contributed by atoms with E-state index < -0.39 is 5.97 Å². The van der Waals surface area contributed by atoms with Crippen molar-refractivity contribution < 1.29 is 19.0 Å². The van der Waals surface area contributed by atoms with Crippen LogP contribution in [0.1, 0.15) is 44.2 Å². The van der Waals surface area contributed by atoms with E-state index in [9.17, 15) is 9.18 Å². The van der Waals surface area contributed by atoms with Crippen LogP contribution in [0.15, 0.2) is 77.4 Å². The van der Waals surface area contributed by atoms with Gasteiger partial charge in [0, 0.05) is 0 Å². The summed E-state index contributed by atoms with van der Waals surface area (Å²) in [7, 11) is 0. The lowest BCUT2D eigenvalue weighted by molar-refractivity contribution is -0.139. The smallest absolute Gasteiger partial charge is 0.341 e. The number of aliphatic carboxylic acids is 1. The van der Waals surface area contributed by atoms with Crippen LogP contribution >= 0.6 is 0 Å². The van der Waals surface area contributed by atoms with E-state index in [4.69, 9.17) is 9.84 Å². The van der Waals surface area contributed by atoms with Crippen molar-refractivity contribution >= 4 is 11.5 Å². The van der Waals surface area contributed by atoms with Crippen molar-refractivity contribution in [3.05, 3.63) is 94.3 Å². The molecule has 0 spiro atoms. The number of benzene rings is 2. The molecule has 0 saturated heterocycles. The van der Waals surface area contributed by atoms with Gasteiger partial charge in [0.15, 0.2) is 6.61 Å². The van der Waals surface area contributed by atoms with Crippen molar-refractivity contribution in [1.82, 2.24) is 0 Å². The van der Waals surface area contributed by atoms with Crippen molar-refractivity contribution in [2.24, 2.45) is 0 Å². The van der Waals surface area contributed by atoms with Crippen LogP contribution in [-0.4, -0.2) is 17.7 Å². The van der Waals surface area contributed by atoms with Gasteiger partial charge in [-0.25, -0.2) is 9.18 Å². The molecule has 0 amide bonds. The Morgan fingerprint density at radius 1 is 0.931 bits per heavy atom. The average Bonchev–Trinajstić information content (AvgIpc) is 2.74. The standard InChI is InChI=1S/C25H25FO3/c1-3-17-13-18(4-2)15-21(14-17)25(19-5-9-22(26)10-6-19)20-7-11-23(12-8-20)29-16-24(27)28/h3-12H,13-16H2,1-2H3,(H,27,28)/b17-3+,18-4+. The molecule has 29 heavy (non-hydrogen) atoms. The van der Waals surface area contributed by atoms with Gasteiger partial charge in [0.2, 0.25) is 0 Å². The number of carboxylic acids is 1. The molecular weight excluding hydrogens is 367 g/mol. The van der Waals surface area contributed by atoms with E-state index in [-0.39, 0.29) is 12.4 Å². The Morgan fingerprint density at radius 3 is 1.93 bits per heavy atom. The van der Waals surface area contributed by atoms with E-state index in [0.717, 1.165) is 36.0 Å². The summed E-state index contributed by atoms with van der Waals surface area (Å²) in [5, 5.41) is 8.78. The molecule has 0 aromatic heterocycles. The third-order valence-electron chi connectivity index (χ3n) is 5.14. The molecule has 0 atom stereocenters. The summed E-state index contributed by atoms with van der Waals surface area (Å²) >= 11 is 0. The molecule has 0 radical (unpaired) electrons. The first-order valence-corrected chi connectivity index (χ1v) is 9.71. The molecule has 1 aliphatic carbocycles. The zero-order valence-electron chi connectivity index (χ0n) is 16.7. The highest BCUT2D eigenvalue weighted by Crippen LogP contribution is 2.39. The lowest BCUT2D eigenvalue weighted by Crippen LogP contribution is -2.09. The largest absolute Gasteiger partial charge is 0.482 e. The second-order valence-corrected chi connectivity index (χ2v) is 7.12. The predicted molar refractivity (Wildman–Crippen MR) is 113 cm³/mol. The highest BCUT2D eigenvalue weighted by atomic mass is 19.1. The fourth-order valence-electron chi connectivity index (χ4n) is 3.67. The molecule has 0 aliphatic heterocycles. The maximum Gasteiger partial charge on any atom is 0.341 e. The Morgan fingerprint density at radius 2 is 1.45 bits per heavy atom. The quantitative estimate of drug-likeness (QED) is 0.619. The van der Waals surface area contributed by atoms with E-state index in [1.165, 1.54) is 28.9 Å². The number of rotatable bonds is 5. The summed E-state index contributed by atoms with van der Waals surface area (Å²) in [4.78, 5) is 10.7. The molecule has 2 aromatic rings. The third kappa shape index (κ3) is 5.23. The number of hydrogen-bond donors (Lipinski definition) is 1. The van der Waals surface area contributed by atoms with Gasteiger partial charge in [-0.1, -0.05) is 53.1 Å². The van der Waals surface area contributed by atoms with E-state index in [2.05, 4.69) is 26.0 Å². The fraction of sp³-hybridized carbons (Fsp3) is 0.240. The first-order chi connectivity index (χ1) is 14.0. The molecule has 4 heteroatoms. The van der Waals surface area contributed by atoms with Gasteiger partial charge in [-0.15, -0.1) is 0 Å². The number of hydrogen-bond acceptors (Lipinski definition) is 2. The van der Waals surface area contributed by atoms with Gasteiger partial charge < -0.3 is 9.84 Å². The van der Waals surface area contributed by atoms with Gasteiger partial charge in [-0.2, -0.15) is 0 Å². The van der Waals surface area contributed by atoms with E-state index >= 15 is 0 Å². The minimum absolute atomic E-state index is 0.262. The number of allylic oxidation sites excluding steroid dienone is 5. The van der Waals surface area contributed by atoms with Gasteiger partial charge >= 0.3 is 5.97 Å². The highest BCUT2D eigenvalue weighted by Gasteiger charge is 2.20. The molecule has 1 aliphatic rings. The highest BCUT2D eigenvalue weighted by molar-refractivity contribution is 5.83. The third-order valence-corrected chi connectivity index (χ3v) is 5.14. The Balaban J connectivity index is 2.06.